The van der Waals surface area contributed by atoms with E-state index in [0.717, 1.165) is 23.4 Å². The van der Waals surface area contributed by atoms with Crippen LogP contribution in [0.1, 0.15) is 16.1 Å². The van der Waals surface area contributed by atoms with Crippen LogP contribution in [0.2, 0.25) is 0 Å². The van der Waals surface area contributed by atoms with Crippen LogP contribution < -0.4 is 10.5 Å². The summed E-state index contributed by atoms with van der Waals surface area (Å²) in [5.41, 5.74) is 7.85. The SMILES string of the molecule is COc1ccccc1Cc1sc(N)nc1C. The van der Waals surface area contributed by atoms with Crippen LogP contribution in [-0.2, 0) is 6.42 Å². The molecule has 2 aromatic rings. The monoisotopic (exact) mass is 234 g/mol. The molecule has 0 saturated heterocycles. The maximum atomic E-state index is 5.68. The van der Waals surface area contributed by atoms with Crippen LogP contribution in [-0.4, -0.2) is 12.1 Å². The molecule has 1 aromatic heterocycles. The molecule has 3 nitrogen and oxygen atoms in total. The van der Waals surface area contributed by atoms with Crippen molar-refractivity contribution in [2.45, 2.75) is 13.3 Å². The zero-order chi connectivity index (χ0) is 11.5. The topological polar surface area (TPSA) is 48.1 Å². The summed E-state index contributed by atoms with van der Waals surface area (Å²) in [6.07, 6.45) is 0.824. The van der Waals surface area contributed by atoms with Crippen molar-refractivity contribution in [1.82, 2.24) is 4.98 Å². The summed E-state index contributed by atoms with van der Waals surface area (Å²) in [4.78, 5) is 5.41. The number of thiazole rings is 1. The van der Waals surface area contributed by atoms with Crippen molar-refractivity contribution in [2.75, 3.05) is 12.8 Å². The highest BCUT2D eigenvalue weighted by Crippen LogP contribution is 2.26. The molecule has 16 heavy (non-hydrogen) atoms. The number of ether oxygens (including phenoxy) is 1. The second-order valence-corrected chi connectivity index (χ2v) is 4.66. The first-order valence-electron chi connectivity index (χ1n) is 5.04. The summed E-state index contributed by atoms with van der Waals surface area (Å²) >= 11 is 1.54. The van der Waals surface area contributed by atoms with Crippen LogP contribution in [0.4, 0.5) is 5.13 Å². The summed E-state index contributed by atoms with van der Waals surface area (Å²) in [7, 11) is 1.69. The molecule has 1 aromatic carbocycles. The quantitative estimate of drug-likeness (QED) is 0.888. The van der Waals surface area contributed by atoms with Crippen molar-refractivity contribution in [2.24, 2.45) is 0 Å². The fourth-order valence-corrected chi connectivity index (χ4v) is 2.49. The predicted molar refractivity (Wildman–Crippen MR) is 67.1 cm³/mol. The lowest BCUT2D eigenvalue weighted by atomic mass is 10.1. The zero-order valence-corrected chi connectivity index (χ0v) is 10.2. The summed E-state index contributed by atoms with van der Waals surface area (Å²) in [6, 6.07) is 8.01. The van der Waals surface area contributed by atoms with Gasteiger partial charge in [-0.1, -0.05) is 18.2 Å². The van der Waals surface area contributed by atoms with E-state index in [1.165, 1.54) is 16.2 Å². The van der Waals surface area contributed by atoms with Gasteiger partial charge in [0.15, 0.2) is 5.13 Å². The van der Waals surface area contributed by atoms with Gasteiger partial charge in [-0.3, -0.25) is 0 Å². The van der Waals surface area contributed by atoms with E-state index in [1.54, 1.807) is 7.11 Å². The maximum absolute atomic E-state index is 5.68. The Morgan fingerprint density at radius 1 is 1.38 bits per heavy atom. The van der Waals surface area contributed by atoms with Crippen LogP contribution >= 0.6 is 11.3 Å². The first-order valence-corrected chi connectivity index (χ1v) is 5.86. The van der Waals surface area contributed by atoms with Gasteiger partial charge in [0.25, 0.3) is 0 Å². The van der Waals surface area contributed by atoms with Gasteiger partial charge in [-0.25, -0.2) is 4.98 Å². The van der Waals surface area contributed by atoms with Crippen molar-refractivity contribution in [3.63, 3.8) is 0 Å². The van der Waals surface area contributed by atoms with Crippen molar-refractivity contribution in [3.8, 4) is 5.75 Å². The second-order valence-electron chi connectivity index (χ2n) is 3.55. The molecule has 0 atom stereocenters. The highest BCUT2D eigenvalue weighted by molar-refractivity contribution is 7.15. The first kappa shape index (κ1) is 11.0. The summed E-state index contributed by atoms with van der Waals surface area (Å²) in [5, 5.41) is 0.627. The smallest absolute Gasteiger partial charge is 0.180 e. The van der Waals surface area contributed by atoms with Crippen molar-refractivity contribution >= 4 is 16.5 Å². The molecule has 1 heterocycles. The van der Waals surface area contributed by atoms with Gasteiger partial charge in [0.05, 0.1) is 12.8 Å². The van der Waals surface area contributed by atoms with E-state index in [-0.39, 0.29) is 0 Å². The molecule has 0 bridgehead atoms. The fraction of sp³-hybridized carbons (Fsp3) is 0.250. The molecular formula is C12H14N2OS. The highest BCUT2D eigenvalue weighted by atomic mass is 32.1. The largest absolute Gasteiger partial charge is 0.496 e. The van der Waals surface area contributed by atoms with Crippen molar-refractivity contribution in [3.05, 3.63) is 40.4 Å². The van der Waals surface area contributed by atoms with Gasteiger partial charge < -0.3 is 10.5 Å². The summed E-state index contributed by atoms with van der Waals surface area (Å²) < 4.78 is 5.32. The van der Waals surface area contributed by atoms with Gasteiger partial charge in [-0.2, -0.15) is 0 Å². The number of nitrogens with two attached hydrogens (primary N) is 1. The Hall–Kier alpha value is -1.55. The van der Waals surface area contributed by atoms with Crippen LogP contribution in [0, 0.1) is 6.92 Å². The van der Waals surface area contributed by atoms with E-state index in [9.17, 15) is 0 Å². The Balaban J connectivity index is 2.30. The van der Waals surface area contributed by atoms with Crippen LogP contribution in [0.15, 0.2) is 24.3 Å². The lowest BCUT2D eigenvalue weighted by molar-refractivity contribution is 0.410. The van der Waals surface area contributed by atoms with Crippen molar-refractivity contribution in [1.29, 1.82) is 0 Å². The van der Waals surface area contributed by atoms with E-state index in [0.29, 0.717) is 5.13 Å². The number of hydrogen-bond acceptors (Lipinski definition) is 4. The molecule has 0 amide bonds. The molecular weight excluding hydrogens is 220 g/mol. The molecule has 4 heteroatoms. The van der Waals surface area contributed by atoms with E-state index in [4.69, 9.17) is 10.5 Å². The minimum atomic E-state index is 0.627. The van der Waals surface area contributed by atoms with Gasteiger partial charge in [0.2, 0.25) is 0 Å². The molecule has 0 unspecified atom stereocenters. The zero-order valence-electron chi connectivity index (χ0n) is 9.36. The molecule has 84 valence electrons. The number of benzene rings is 1. The second kappa shape index (κ2) is 4.53. The van der Waals surface area contributed by atoms with Gasteiger partial charge in [0.1, 0.15) is 5.75 Å². The third-order valence-corrected chi connectivity index (χ3v) is 3.44. The molecule has 0 aliphatic heterocycles. The summed E-state index contributed by atoms with van der Waals surface area (Å²) in [6.45, 7) is 1.98. The Labute approximate surface area is 98.9 Å². The minimum absolute atomic E-state index is 0.627. The van der Waals surface area contributed by atoms with Crippen LogP contribution in [0.3, 0.4) is 0 Å². The lowest BCUT2D eigenvalue weighted by Crippen LogP contribution is -1.93. The Morgan fingerprint density at radius 2 is 2.12 bits per heavy atom. The van der Waals surface area contributed by atoms with Crippen LogP contribution in [0.5, 0.6) is 5.75 Å². The number of rotatable bonds is 3. The fourth-order valence-electron chi connectivity index (χ4n) is 1.64. The summed E-state index contributed by atoms with van der Waals surface area (Å²) in [5.74, 6) is 0.911. The van der Waals surface area contributed by atoms with Gasteiger partial charge in [-0.15, -0.1) is 11.3 Å². The number of aryl methyl sites for hydroxylation is 1. The number of aromatic nitrogens is 1. The van der Waals surface area contributed by atoms with Crippen LogP contribution in [0.25, 0.3) is 0 Å². The van der Waals surface area contributed by atoms with E-state index >= 15 is 0 Å². The molecule has 0 spiro atoms. The average Bonchev–Trinajstić information content (AvgIpc) is 2.58. The average molecular weight is 234 g/mol. The predicted octanol–water partition coefficient (Wildman–Crippen LogP) is 2.63. The third kappa shape index (κ3) is 2.17. The van der Waals surface area contributed by atoms with Gasteiger partial charge >= 0.3 is 0 Å². The lowest BCUT2D eigenvalue weighted by Gasteiger charge is -2.06. The number of hydrogen-bond donors (Lipinski definition) is 1. The minimum Gasteiger partial charge on any atom is -0.496 e. The number of para-hydroxylation sites is 1. The Kier molecular flexibility index (Phi) is 3.10. The van der Waals surface area contributed by atoms with E-state index < -0.39 is 0 Å². The number of methoxy groups -OCH3 is 1. The van der Waals surface area contributed by atoms with Gasteiger partial charge in [0, 0.05) is 11.3 Å². The number of nitrogens with zero attached hydrogens (tertiary/aromatic N) is 1. The standard InChI is InChI=1S/C12H14N2OS/c1-8-11(16-12(13)14-8)7-9-5-3-4-6-10(9)15-2/h3-6H,7H2,1-2H3,(H2,13,14). The maximum Gasteiger partial charge on any atom is 0.180 e. The van der Waals surface area contributed by atoms with E-state index in [1.807, 2.05) is 25.1 Å². The molecule has 0 aliphatic rings. The van der Waals surface area contributed by atoms with Gasteiger partial charge in [-0.05, 0) is 18.6 Å². The first-order chi connectivity index (χ1) is 7.70. The molecule has 0 radical (unpaired) electrons. The van der Waals surface area contributed by atoms with E-state index in [2.05, 4.69) is 11.1 Å². The molecule has 2 N–H and O–H groups in total. The number of anilines is 1. The molecule has 2 rings (SSSR count). The Bertz CT molecular complexity index is 494. The molecule has 0 saturated carbocycles. The number of nitrogen functional groups attached to an aromatic ring is 1. The molecule has 0 aliphatic carbocycles. The highest BCUT2D eigenvalue weighted by Gasteiger charge is 2.09. The molecule has 0 fully saturated rings. The Morgan fingerprint density at radius 3 is 2.75 bits per heavy atom. The van der Waals surface area contributed by atoms with Crippen molar-refractivity contribution < 1.29 is 4.74 Å². The normalized spacial score (nSPS) is 10.4. The third-order valence-electron chi connectivity index (χ3n) is 2.45.